The molecular formula is C15H25Cl2N3OS. The first-order chi connectivity index (χ1) is 9.72. The van der Waals surface area contributed by atoms with E-state index in [1.807, 2.05) is 7.05 Å². The Kier molecular flexibility index (Phi) is 8.11. The first-order valence-corrected chi connectivity index (χ1v) is 8.46. The maximum Gasteiger partial charge on any atom is 0.236 e. The van der Waals surface area contributed by atoms with E-state index in [1.54, 1.807) is 16.2 Å². The van der Waals surface area contributed by atoms with Crippen LogP contribution in [0, 0.1) is 5.92 Å². The average Bonchev–Trinajstić information content (AvgIpc) is 3.16. The molecule has 0 saturated heterocycles. The van der Waals surface area contributed by atoms with Gasteiger partial charge in [-0.05, 0) is 51.0 Å². The van der Waals surface area contributed by atoms with Gasteiger partial charge in [0.2, 0.25) is 5.91 Å². The lowest BCUT2D eigenvalue weighted by atomic mass is 10.0. The van der Waals surface area contributed by atoms with Crippen molar-refractivity contribution in [2.45, 2.75) is 45.1 Å². The smallest absolute Gasteiger partial charge is 0.236 e. The van der Waals surface area contributed by atoms with Crippen LogP contribution in [0.25, 0.3) is 0 Å². The molecule has 0 spiro atoms. The standard InChI is InChI=1S/C15H23N3OS.2ClH/c1-18(15(19)9-16-8-11-6-7-11)10-14-17-12-4-2-3-5-13(12)20-14;;/h11,16H,2-10H2,1H3;2*1H. The van der Waals surface area contributed by atoms with Crippen molar-refractivity contribution < 1.29 is 4.79 Å². The number of hydrogen-bond acceptors (Lipinski definition) is 4. The van der Waals surface area contributed by atoms with Crippen molar-refractivity contribution in [1.29, 1.82) is 0 Å². The van der Waals surface area contributed by atoms with Crippen LogP contribution in [0.5, 0.6) is 0 Å². The summed E-state index contributed by atoms with van der Waals surface area (Å²) >= 11 is 1.79. The van der Waals surface area contributed by atoms with Gasteiger partial charge in [0.15, 0.2) is 0 Å². The van der Waals surface area contributed by atoms with Crippen molar-refractivity contribution in [3.63, 3.8) is 0 Å². The van der Waals surface area contributed by atoms with E-state index >= 15 is 0 Å². The van der Waals surface area contributed by atoms with Crippen LogP contribution in [0.1, 0.15) is 41.3 Å². The minimum absolute atomic E-state index is 0. The van der Waals surface area contributed by atoms with Crippen LogP contribution in [-0.4, -0.2) is 35.9 Å². The van der Waals surface area contributed by atoms with Crippen LogP contribution >= 0.6 is 36.2 Å². The lowest BCUT2D eigenvalue weighted by molar-refractivity contribution is -0.129. The minimum Gasteiger partial charge on any atom is -0.338 e. The van der Waals surface area contributed by atoms with E-state index in [2.05, 4.69) is 5.32 Å². The fourth-order valence-electron chi connectivity index (χ4n) is 2.60. The molecule has 7 heteroatoms. The van der Waals surface area contributed by atoms with E-state index in [1.165, 1.54) is 42.7 Å². The zero-order chi connectivity index (χ0) is 13.9. The Morgan fingerprint density at radius 3 is 2.73 bits per heavy atom. The normalized spacial score (nSPS) is 16.2. The summed E-state index contributed by atoms with van der Waals surface area (Å²) in [7, 11) is 1.88. The van der Waals surface area contributed by atoms with Crippen LogP contribution < -0.4 is 5.32 Å². The molecule has 2 aliphatic rings. The molecular weight excluding hydrogens is 341 g/mol. The lowest BCUT2D eigenvalue weighted by Gasteiger charge is -2.16. The molecule has 1 aromatic rings. The van der Waals surface area contributed by atoms with Gasteiger partial charge in [-0.25, -0.2) is 4.98 Å². The third kappa shape index (κ3) is 5.37. The summed E-state index contributed by atoms with van der Waals surface area (Å²) in [5.41, 5.74) is 1.28. The number of halogens is 2. The number of carbonyl (C=O) groups excluding carboxylic acids is 1. The monoisotopic (exact) mass is 365 g/mol. The number of nitrogens with zero attached hydrogens (tertiary/aromatic N) is 2. The molecule has 1 fully saturated rings. The molecule has 22 heavy (non-hydrogen) atoms. The van der Waals surface area contributed by atoms with Crippen molar-refractivity contribution in [1.82, 2.24) is 15.2 Å². The maximum atomic E-state index is 12.0. The van der Waals surface area contributed by atoms with E-state index in [0.29, 0.717) is 13.1 Å². The number of aryl methyl sites for hydroxylation is 2. The van der Waals surface area contributed by atoms with Crippen molar-refractivity contribution in [3.05, 3.63) is 15.6 Å². The van der Waals surface area contributed by atoms with Crippen molar-refractivity contribution in [3.8, 4) is 0 Å². The number of likely N-dealkylation sites (N-methyl/N-ethyl adjacent to an activating group) is 1. The fraction of sp³-hybridized carbons (Fsp3) is 0.733. The number of carbonyl (C=O) groups is 1. The number of nitrogens with one attached hydrogen (secondary N) is 1. The summed E-state index contributed by atoms with van der Waals surface area (Å²) in [6.45, 7) is 2.10. The van der Waals surface area contributed by atoms with Gasteiger partial charge in [-0.15, -0.1) is 36.2 Å². The van der Waals surface area contributed by atoms with Crippen molar-refractivity contribution in [2.75, 3.05) is 20.1 Å². The quantitative estimate of drug-likeness (QED) is 0.842. The third-order valence-electron chi connectivity index (χ3n) is 4.09. The summed E-state index contributed by atoms with van der Waals surface area (Å²) in [6.07, 6.45) is 7.48. The summed E-state index contributed by atoms with van der Waals surface area (Å²) < 4.78 is 0. The average molecular weight is 366 g/mol. The Morgan fingerprint density at radius 1 is 1.32 bits per heavy atom. The topological polar surface area (TPSA) is 45.2 Å². The lowest BCUT2D eigenvalue weighted by Crippen LogP contribution is -2.35. The number of fused-ring (bicyclic) bond motifs is 1. The SMILES string of the molecule is CN(Cc1nc2c(s1)CCCC2)C(=O)CNCC1CC1.Cl.Cl. The van der Waals surface area contributed by atoms with Gasteiger partial charge in [0, 0.05) is 11.9 Å². The Hall–Kier alpha value is -0.360. The fourth-order valence-corrected chi connectivity index (χ4v) is 3.81. The van der Waals surface area contributed by atoms with Crippen LogP contribution in [0.2, 0.25) is 0 Å². The predicted octanol–water partition coefficient (Wildman–Crippen LogP) is 2.82. The first-order valence-electron chi connectivity index (χ1n) is 7.64. The van der Waals surface area contributed by atoms with Crippen molar-refractivity contribution >= 4 is 42.1 Å². The second-order valence-corrected chi connectivity index (χ2v) is 7.18. The van der Waals surface area contributed by atoms with Crippen LogP contribution in [-0.2, 0) is 24.2 Å². The van der Waals surface area contributed by atoms with E-state index in [0.717, 1.165) is 23.9 Å². The molecule has 0 atom stereocenters. The van der Waals surface area contributed by atoms with Gasteiger partial charge in [-0.1, -0.05) is 0 Å². The highest BCUT2D eigenvalue weighted by Gasteiger charge is 2.21. The molecule has 4 nitrogen and oxygen atoms in total. The van der Waals surface area contributed by atoms with E-state index < -0.39 is 0 Å². The molecule has 3 rings (SSSR count). The first kappa shape index (κ1) is 19.7. The number of rotatable bonds is 6. The molecule has 0 aliphatic heterocycles. The number of amides is 1. The molecule has 0 unspecified atom stereocenters. The van der Waals surface area contributed by atoms with E-state index in [9.17, 15) is 4.79 Å². The van der Waals surface area contributed by atoms with Gasteiger partial charge >= 0.3 is 0 Å². The van der Waals surface area contributed by atoms with Crippen LogP contribution in [0.3, 0.4) is 0 Å². The molecule has 0 radical (unpaired) electrons. The van der Waals surface area contributed by atoms with Gasteiger partial charge in [0.1, 0.15) is 5.01 Å². The molecule has 0 aromatic carbocycles. The summed E-state index contributed by atoms with van der Waals surface area (Å²) in [4.78, 5) is 20.0. The number of hydrogen-bond donors (Lipinski definition) is 1. The zero-order valence-corrected chi connectivity index (χ0v) is 15.4. The van der Waals surface area contributed by atoms with Gasteiger partial charge < -0.3 is 10.2 Å². The molecule has 1 N–H and O–H groups in total. The van der Waals surface area contributed by atoms with Gasteiger partial charge in [0.25, 0.3) is 0 Å². The number of thiazole rings is 1. The Balaban J connectivity index is 0.00000121. The maximum absolute atomic E-state index is 12.0. The molecule has 1 amide bonds. The molecule has 1 saturated carbocycles. The highest BCUT2D eigenvalue weighted by Crippen LogP contribution is 2.28. The Morgan fingerprint density at radius 2 is 2.05 bits per heavy atom. The van der Waals surface area contributed by atoms with Crippen LogP contribution in [0.4, 0.5) is 0 Å². The molecule has 126 valence electrons. The summed E-state index contributed by atoms with van der Waals surface area (Å²) in [5, 5.41) is 4.35. The second-order valence-electron chi connectivity index (χ2n) is 6.01. The van der Waals surface area contributed by atoms with Gasteiger partial charge in [-0.2, -0.15) is 0 Å². The van der Waals surface area contributed by atoms with Gasteiger partial charge in [-0.3, -0.25) is 4.79 Å². The Labute approximate surface area is 148 Å². The molecule has 2 aliphatic carbocycles. The predicted molar refractivity (Wildman–Crippen MR) is 95.3 cm³/mol. The second kappa shape index (κ2) is 9.06. The summed E-state index contributed by atoms with van der Waals surface area (Å²) in [6, 6.07) is 0. The molecule has 1 heterocycles. The highest BCUT2D eigenvalue weighted by atomic mass is 35.5. The largest absolute Gasteiger partial charge is 0.338 e. The third-order valence-corrected chi connectivity index (χ3v) is 5.24. The highest BCUT2D eigenvalue weighted by molar-refractivity contribution is 7.11. The van der Waals surface area contributed by atoms with Crippen molar-refractivity contribution in [2.24, 2.45) is 5.92 Å². The zero-order valence-electron chi connectivity index (χ0n) is 13.0. The van der Waals surface area contributed by atoms with E-state index in [-0.39, 0.29) is 30.7 Å². The van der Waals surface area contributed by atoms with Gasteiger partial charge in [0.05, 0.1) is 18.8 Å². The Bertz CT molecular complexity index is 468. The minimum atomic E-state index is 0. The van der Waals surface area contributed by atoms with E-state index in [4.69, 9.17) is 4.98 Å². The molecule has 0 bridgehead atoms. The number of aromatic nitrogens is 1. The molecule has 1 aromatic heterocycles. The summed E-state index contributed by atoms with van der Waals surface area (Å²) in [5.74, 6) is 0.984. The van der Waals surface area contributed by atoms with Crippen LogP contribution in [0.15, 0.2) is 0 Å².